The van der Waals surface area contributed by atoms with Crippen LogP contribution in [-0.4, -0.2) is 206 Å². The van der Waals surface area contributed by atoms with Gasteiger partial charge in [0.1, 0.15) is 49.4 Å². The molecule has 0 aliphatic heterocycles. The molecule has 3 unspecified atom stereocenters. The molecule has 0 bridgehead atoms. The molecule has 0 aromatic heterocycles. The Hall–Kier alpha value is -4.40. The SMILES string of the molecule is Cc1cc(C)c(OCCOCCOCCN(CCOCCOCC(C)OCCOc2c(C)cc(C)cc2C)CCN(CCOCCOCC(C)OCCOc2c(C)cc(C)cc2C)CC(C)OCCOCCOc2c(C)cc(C)cc2C)c(C)c1. The topological polar surface area (TPSA) is 136 Å². The van der Waals surface area contributed by atoms with Gasteiger partial charge in [-0.05, 0) is 148 Å². The van der Waals surface area contributed by atoms with E-state index < -0.39 is 0 Å². The molecule has 0 N–H and O–H groups in total. The van der Waals surface area contributed by atoms with Crippen LogP contribution in [0.3, 0.4) is 0 Å². The molecule has 0 spiro atoms. The Morgan fingerprint density at radius 2 is 0.494 bits per heavy atom. The van der Waals surface area contributed by atoms with Gasteiger partial charge in [-0.15, -0.1) is 0 Å². The van der Waals surface area contributed by atoms with Gasteiger partial charge in [-0.25, -0.2) is 0 Å². The molecule has 85 heavy (non-hydrogen) atoms. The zero-order chi connectivity index (χ0) is 61.8. The van der Waals surface area contributed by atoms with Gasteiger partial charge < -0.3 is 66.3 Å². The minimum absolute atomic E-state index is 0.0398. The van der Waals surface area contributed by atoms with Gasteiger partial charge in [0.2, 0.25) is 0 Å². The van der Waals surface area contributed by atoms with Crippen LogP contribution in [0.2, 0.25) is 0 Å². The first-order valence-corrected chi connectivity index (χ1v) is 31.1. The van der Waals surface area contributed by atoms with E-state index in [1.807, 2.05) is 13.8 Å². The van der Waals surface area contributed by atoms with Gasteiger partial charge in [0.15, 0.2) is 0 Å². The van der Waals surface area contributed by atoms with E-state index in [0.717, 1.165) is 107 Å². The molecule has 0 radical (unpaired) electrons. The van der Waals surface area contributed by atoms with Gasteiger partial charge in [0, 0.05) is 39.3 Å². The van der Waals surface area contributed by atoms with E-state index in [4.69, 9.17) is 66.3 Å². The minimum atomic E-state index is -0.0692. The Kier molecular flexibility index (Phi) is 36.5. The van der Waals surface area contributed by atoms with Crippen molar-refractivity contribution in [2.45, 2.75) is 122 Å². The summed E-state index contributed by atoms with van der Waals surface area (Å²) in [5, 5.41) is 0. The van der Waals surface area contributed by atoms with Crippen molar-refractivity contribution in [3.63, 3.8) is 0 Å². The smallest absolute Gasteiger partial charge is 0.125 e. The van der Waals surface area contributed by atoms with Gasteiger partial charge in [-0.1, -0.05) is 70.8 Å². The zero-order valence-electron chi connectivity index (χ0n) is 55.1. The van der Waals surface area contributed by atoms with Gasteiger partial charge >= 0.3 is 0 Å². The lowest BCUT2D eigenvalue weighted by Gasteiger charge is -2.29. The standard InChI is InChI=1S/C69H110N2O14/c1-51-40-55(5)66(56(6)41-51)82-34-31-75-25-24-72-21-18-70(19-22-73-26-28-77-49-64(14)80-36-38-84-68-59(9)44-53(3)45-60(68)10)16-17-71(48-63(13)79-33-30-76-32-35-83-67-57(7)42-52(2)43-58(67)8)20-23-74-27-29-78-50-65(15)81-37-39-85-69-61(11)46-54(4)47-62(69)12/h40-47,63-65H,16-39,48-50H2,1-15H3. The third-order valence-corrected chi connectivity index (χ3v) is 14.2. The summed E-state index contributed by atoms with van der Waals surface area (Å²) < 4.78 is 84.6. The fourth-order valence-corrected chi connectivity index (χ4v) is 10.4. The third-order valence-electron chi connectivity index (χ3n) is 14.2. The fraction of sp³-hybridized carbons (Fsp3) is 0.652. The van der Waals surface area contributed by atoms with E-state index in [-0.39, 0.29) is 18.3 Å². The first-order valence-electron chi connectivity index (χ1n) is 31.1. The molecule has 0 fully saturated rings. The number of hydrogen-bond donors (Lipinski definition) is 0. The number of aryl methyl sites for hydroxylation is 12. The van der Waals surface area contributed by atoms with Crippen LogP contribution in [0.4, 0.5) is 0 Å². The minimum Gasteiger partial charge on any atom is -0.491 e. The lowest BCUT2D eigenvalue weighted by Crippen LogP contribution is -2.42. The van der Waals surface area contributed by atoms with Crippen LogP contribution in [0.1, 0.15) is 87.5 Å². The van der Waals surface area contributed by atoms with E-state index in [2.05, 4.69) is 148 Å². The summed E-state index contributed by atoms with van der Waals surface area (Å²) in [7, 11) is 0. The van der Waals surface area contributed by atoms with Crippen LogP contribution in [-0.2, 0) is 47.4 Å². The highest BCUT2D eigenvalue weighted by Gasteiger charge is 2.16. The maximum atomic E-state index is 6.31. The number of rotatable bonds is 49. The van der Waals surface area contributed by atoms with E-state index in [1.54, 1.807) is 0 Å². The van der Waals surface area contributed by atoms with E-state index in [0.29, 0.717) is 139 Å². The Morgan fingerprint density at radius 3 is 0.835 bits per heavy atom. The second-order valence-corrected chi connectivity index (χ2v) is 22.7. The maximum absolute atomic E-state index is 6.31. The molecule has 480 valence electrons. The van der Waals surface area contributed by atoms with Crippen LogP contribution < -0.4 is 18.9 Å². The molecular weight excluding hydrogens is 1080 g/mol. The molecule has 4 rings (SSSR count). The second-order valence-electron chi connectivity index (χ2n) is 22.7. The quantitative estimate of drug-likeness (QED) is 0.0388. The Morgan fingerprint density at radius 1 is 0.259 bits per heavy atom. The van der Waals surface area contributed by atoms with Crippen molar-refractivity contribution in [1.82, 2.24) is 9.80 Å². The largest absolute Gasteiger partial charge is 0.491 e. The number of nitrogens with zero attached hydrogens (tertiary/aromatic N) is 2. The van der Waals surface area contributed by atoms with E-state index in [9.17, 15) is 0 Å². The Balaban J connectivity index is 1.23. The predicted molar refractivity (Wildman–Crippen MR) is 339 cm³/mol. The highest BCUT2D eigenvalue weighted by molar-refractivity contribution is 5.45. The van der Waals surface area contributed by atoms with Crippen molar-refractivity contribution < 1.29 is 66.3 Å². The molecule has 0 saturated heterocycles. The predicted octanol–water partition coefficient (Wildman–Crippen LogP) is 10.9. The molecule has 4 aromatic rings. The zero-order valence-corrected chi connectivity index (χ0v) is 55.1. The highest BCUT2D eigenvalue weighted by atomic mass is 16.6. The number of ether oxygens (including phenoxy) is 14. The summed E-state index contributed by atoms with van der Waals surface area (Å²) in [6.07, 6.45) is -0.177. The molecule has 3 atom stereocenters. The molecule has 0 saturated carbocycles. The first kappa shape index (κ1) is 73.1. The Labute approximate surface area is 512 Å². The Bertz CT molecular complexity index is 2360. The van der Waals surface area contributed by atoms with Crippen LogP contribution in [0.15, 0.2) is 48.5 Å². The van der Waals surface area contributed by atoms with Crippen molar-refractivity contribution in [1.29, 1.82) is 0 Å². The summed E-state index contributed by atoms with van der Waals surface area (Å²) in [6, 6.07) is 17.1. The average molecular weight is 1190 g/mol. The normalized spacial score (nSPS) is 12.8. The van der Waals surface area contributed by atoms with Crippen molar-refractivity contribution in [3.05, 3.63) is 115 Å². The molecular formula is C69H110N2O14. The van der Waals surface area contributed by atoms with Gasteiger partial charge in [0.05, 0.1) is 131 Å². The summed E-state index contributed by atoms with van der Waals surface area (Å²) in [6.45, 7) is 46.0. The van der Waals surface area contributed by atoms with Crippen molar-refractivity contribution in [3.8, 4) is 23.0 Å². The number of benzene rings is 4. The van der Waals surface area contributed by atoms with Crippen LogP contribution >= 0.6 is 0 Å². The van der Waals surface area contributed by atoms with Gasteiger partial charge in [-0.3, -0.25) is 9.80 Å². The summed E-state index contributed by atoms with van der Waals surface area (Å²) in [5.74, 6) is 3.73. The molecule has 0 aliphatic carbocycles. The average Bonchev–Trinajstić information content (AvgIpc) is 3.64. The molecule has 0 aliphatic rings. The first-order chi connectivity index (χ1) is 40.9. The second kappa shape index (κ2) is 42.5. The van der Waals surface area contributed by atoms with E-state index >= 15 is 0 Å². The summed E-state index contributed by atoms with van der Waals surface area (Å²) in [5.41, 5.74) is 14.0. The van der Waals surface area contributed by atoms with Gasteiger partial charge in [-0.2, -0.15) is 0 Å². The highest BCUT2D eigenvalue weighted by Crippen LogP contribution is 2.27. The monoisotopic (exact) mass is 1190 g/mol. The number of hydrogen-bond acceptors (Lipinski definition) is 16. The maximum Gasteiger partial charge on any atom is 0.125 e. The lowest BCUT2D eigenvalue weighted by molar-refractivity contribution is -0.0342. The van der Waals surface area contributed by atoms with Crippen LogP contribution in [0.5, 0.6) is 23.0 Å². The fourth-order valence-electron chi connectivity index (χ4n) is 10.4. The summed E-state index contributed by atoms with van der Waals surface area (Å²) in [4.78, 5) is 4.80. The molecule has 16 heteroatoms. The van der Waals surface area contributed by atoms with Crippen molar-refractivity contribution in [2.75, 3.05) is 178 Å². The third kappa shape index (κ3) is 30.9. The van der Waals surface area contributed by atoms with Crippen LogP contribution in [0.25, 0.3) is 0 Å². The van der Waals surface area contributed by atoms with Crippen molar-refractivity contribution in [2.24, 2.45) is 0 Å². The molecule has 4 aromatic carbocycles. The summed E-state index contributed by atoms with van der Waals surface area (Å²) >= 11 is 0. The van der Waals surface area contributed by atoms with E-state index in [1.165, 1.54) is 22.3 Å². The molecule has 16 nitrogen and oxygen atoms in total. The van der Waals surface area contributed by atoms with Crippen LogP contribution in [0, 0.1) is 83.1 Å². The lowest BCUT2D eigenvalue weighted by atomic mass is 10.1. The van der Waals surface area contributed by atoms with Gasteiger partial charge in [0.25, 0.3) is 0 Å². The van der Waals surface area contributed by atoms with Crippen molar-refractivity contribution >= 4 is 0 Å². The molecule has 0 heterocycles. The molecule has 0 amide bonds.